The van der Waals surface area contributed by atoms with E-state index in [1.165, 1.54) is 11.1 Å². The lowest BCUT2D eigenvalue weighted by atomic mass is 10.0. The number of nitrogens with zero attached hydrogens (tertiary/aromatic N) is 3. The maximum absolute atomic E-state index is 2.33. The van der Waals surface area contributed by atoms with Gasteiger partial charge in [0.05, 0.1) is 0 Å². The van der Waals surface area contributed by atoms with Gasteiger partial charge in [-0.1, -0.05) is 188 Å². The van der Waals surface area contributed by atoms with Crippen LogP contribution in [-0.2, 0) is 0 Å². The SMILES string of the molecule is C(=Cc1ccc(N(c2ccccc2)c2ccc(-c3ccc(N(c4ccc(C=Cc5ccccc5)cc4)c4ccc(N(c5ccccc5)c5ccccc5)cc4)cc3)cc2)cc1)c1ccccc1. The number of hydrogen-bond acceptors (Lipinski definition) is 3. The third kappa shape index (κ3) is 10.1. The lowest BCUT2D eigenvalue weighted by Gasteiger charge is -2.28. The van der Waals surface area contributed by atoms with Crippen LogP contribution in [-0.4, -0.2) is 0 Å². The summed E-state index contributed by atoms with van der Waals surface area (Å²) in [5.74, 6) is 0. The molecular formula is C64H49N3. The van der Waals surface area contributed by atoms with Crippen molar-refractivity contribution in [1.82, 2.24) is 0 Å². The van der Waals surface area contributed by atoms with Crippen molar-refractivity contribution in [3.05, 3.63) is 295 Å². The number of hydrogen-bond donors (Lipinski definition) is 0. The molecule has 10 aromatic rings. The van der Waals surface area contributed by atoms with E-state index >= 15 is 0 Å². The number of para-hydroxylation sites is 3. The van der Waals surface area contributed by atoms with Gasteiger partial charge in [-0.2, -0.15) is 0 Å². The highest BCUT2D eigenvalue weighted by atomic mass is 15.2. The predicted molar refractivity (Wildman–Crippen MR) is 287 cm³/mol. The summed E-state index contributed by atoms with van der Waals surface area (Å²) in [5.41, 5.74) is 16.8. The van der Waals surface area contributed by atoms with Gasteiger partial charge >= 0.3 is 0 Å². The second kappa shape index (κ2) is 20.3. The smallest absolute Gasteiger partial charge is 0.0463 e. The van der Waals surface area contributed by atoms with Crippen molar-refractivity contribution in [3.63, 3.8) is 0 Å². The summed E-state index contributed by atoms with van der Waals surface area (Å²) in [6.07, 6.45) is 8.64. The second-order valence-corrected chi connectivity index (χ2v) is 16.3. The van der Waals surface area contributed by atoms with E-state index in [9.17, 15) is 0 Å². The summed E-state index contributed by atoms with van der Waals surface area (Å²) in [6, 6.07) is 96.7. The van der Waals surface area contributed by atoms with Crippen LogP contribution in [0.15, 0.2) is 273 Å². The number of anilines is 9. The summed E-state index contributed by atoms with van der Waals surface area (Å²) >= 11 is 0. The molecule has 0 radical (unpaired) electrons. The van der Waals surface area contributed by atoms with E-state index in [1.54, 1.807) is 0 Å². The van der Waals surface area contributed by atoms with Crippen LogP contribution in [0.2, 0.25) is 0 Å². The Bertz CT molecular complexity index is 3110. The standard InChI is InChI=1S/C64H49N3/c1-6-16-50(17-7-1)26-28-52-30-38-59(39-31-52)66(58-24-14-5-15-25-58)61-42-34-54(35-43-61)55-36-44-62(45-37-55)67(60-40-32-53(33-41-60)29-27-51-18-8-2-9-19-51)64-48-46-63(47-49-64)65(56-20-10-3-11-21-56)57-22-12-4-13-23-57/h1-49H. The summed E-state index contributed by atoms with van der Waals surface area (Å²) in [7, 11) is 0. The van der Waals surface area contributed by atoms with Crippen molar-refractivity contribution in [1.29, 1.82) is 0 Å². The van der Waals surface area contributed by atoms with E-state index in [0.717, 1.165) is 73.4 Å². The van der Waals surface area contributed by atoms with Crippen molar-refractivity contribution >= 4 is 75.5 Å². The van der Waals surface area contributed by atoms with Crippen LogP contribution in [0.1, 0.15) is 22.3 Å². The third-order valence-corrected chi connectivity index (χ3v) is 11.8. The molecule has 320 valence electrons. The van der Waals surface area contributed by atoms with Crippen molar-refractivity contribution in [2.24, 2.45) is 0 Å². The molecule has 10 aromatic carbocycles. The third-order valence-electron chi connectivity index (χ3n) is 11.8. The van der Waals surface area contributed by atoms with Gasteiger partial charge in [0.25, 0.3) is 0 Å². The van der Waals surface area contributed by atoms with Gasteiger partial charge < -0.3 is 14.7 Å². The molecule has 10 rings (SSSR count). The van der Waals surface area contributed by atoms with E-state index in [2.05, 4.69) is 300 Å². The molecule has 0 aromatic heterocycles. The van der Waals surface area contributed by atoms with Crippen LogP contribution < -0.4 is 14.7 Å². The normalized spacial score (nSPS) is 11.2. The molecule has 0 saturated heterocycles. The fourth-order valence-corrected chi connectivity index (χ4v) is 8.41. The van der Waals surface area contributed by atoms with E-state index in [4.69, 9.17) is 0 Å². The molecule has 0 aliphatic heterocycles. The summed E-state index contributed by atoms with van der Waals surface area (Å²) in [6.45, 7) is 0. The first kappa shape index (κ1) is 42.1. The fraction of sp³-hybridized carbons (Fsp3) is 0. The van der Waals surface area contributed by atoms with Crippen molar-refractivity contribution in [2.75, 3.05) is 14.7 Å². The number of benzene rings is 10. The molecule has 0 bridgehead atoms. The molecule has 0 aliphatic carbocycles. The minimum Gasteiger partial charge on any atom is -0.311 e. The van der Waals surface area contributed by atoms with Gasteiger partial charge in [0.1, 0.15) is 0 Å². The Morgan fingerprint density at radius 1 is 0.164 bits per heavy atom. The predicted octanol–water partition coefficient (Wildman–Crippen LogP) is 18.1. The average Bonchev–Trinajstić information content (AvgIpc) is 3.41. The van der Waals surface area contributed by atoms with E-state index in [1.807, 2.05) is 12.1 Å². The van der Waals surface area contributed by atoms with Crippen LogP contribution in [0.25, 0.3) is 35.4 Å². The van der Waals surface area contributed by atoms with Crippen LogP contribution in [0.4, 0.5) is 51.2 Å². The van der Waals surface area contributed by atoms with E-state index in [-0.39, 0.29) is 0 Å². The van der Waals surface area contributed by atoms with E-state index in [0.29, 0.717) is 0 Å². The Morgan fingerprint density at radius 3 is 0.597 bits per heavy atom. The highest BCUT2D eigenvalue weighted by molar-refractivity contribution is 5.84. The first-order chi connectivity index (χ1) is 33.2. The maximum Gasteiger partial charge on any atom is 0.0463 e. The minimum absolute atomic E-state index is 1.07. The Labute approximate surface area is 394 Å². The molecule has 3 heteroatoms. The summed E-state index contributed by atoms with van der Waals surface area (Å²) in [5, 5.41) is 0. The van der Waals surface area contributed by atoms with Crippen LogP contribution in [0.3, 0.4) is 0 Å². The largest absolute Gasteiger partial charge is 0.311 e. The molecule has 67 heavy (non-hydrogen) atoms. The van der Waals surface area contributed by atoms with Crippen LogP contribution >= 0.6 is 0 Å². The molecule has 3 nitrogen and oxygen atoms in total. The number of rotatable bonds is 14. The topological polar surface area (TPSA) is 9.72 Å². The van der Waals surface area contributed by atoms with Gasteiger partial charge in [-0.15, -0.1) is 0 Å². The van der Waals surface area contributed by atoms with Crippen molar-refractivity contribution in [3.8, 4) is 11.1 Å². The molecule has 0 N–H and O–H groups in total. The first-order valence-electron chi connectivity index (χ1n) is 22.7. The molecule has 0 unspecified atom stereocenters. The molecular weight excluding hydrogens is 811 g/mol. The quantitative estimate of drug-likeness (QED) is 0.101. The Balaban J connectivity index is 0.943. The molecule has 0 atom stereocenters. The first-order valence-corrected chi connectivity index (χ1v) is 22.7. The average molecular weight is 860 g/mol. The lowest BCUT2D eigenvalue weighted by Crippen LogP contribution is -2.12. The van der Waals surface area contributed by atoms with E-state index < -0.39 is 0 Å². The Kier molecular flexibility index (Phi) is 12.7. The Morgan fingerprint density at radius 2 is 0.343 bits per heavy atom. The summed E-state index contributed by atoms with van der Waals surface area (Å²) in [4.78, 5) is 6.93. The molecule has 0 spiro atoms. The summed E-state index contributed by atoms with van der Waals surface area (Å²) < 4.78 is 0. The Hall–Kier alpha value is -8.92. The van der Waals surface area contributed by atoms with Gasteiger partial charge in [-0.3, -0.25) is 0 Å². The maximum atomic E-state index is 2.33. The van der Waals surface area contributed by atoms with Crippen LogP contribution in [0, 0.1) is 0 Å². The highest BCUT2D eigenvalue weighted by Crippen LogP contribution is 2.41. The highest BCUT2D eigenvalue weighted by Gasteiger charge is 2.17. The van der Waals surface area contributed by atoms with Crippen molar-refractivity contribution < 1.29 is 0 Å². The second-order valence-electron chi connectivity index (χ2n) is 16.3. The minimum atomic E-state index is 1.07. The fourth-order valence-electron chi connectivity index (χ4n) is 8.41. The van der Waals surface area contributed by atoms with Gasteiger partial charge in [0.2, 0.25) is 0 Å². The van der Waals surface area contributed by atoms with Gasteiger partial charge in [0, 0.05) is 51.2 Å². The molecule has 0 fully saturated rings. The molecule has 0 heterocycles. The van der Waals surface area contributed by atoms with Gasteiger partial charge in [-0.25, -0.2) is 0 Å². The monoisotopic (exact) mass is 859 g/mol. The zero-order valence-electron chi connectivity index (χ0n) is 37.1. The van der Waals surface area contributed by atoms with Gasteiger partial charge in [0.15, 0.2) is 0 Å². The zero-order valence-corrected chi connectivity index (χ0v) is 37.1. The molecule has 0 saturated carbocycles. The van der Waals surface area contributed by atoms with Crippen LogP contribution in [0.5, 0.6) is 0 Å². The lowest BCUT2D eigenvalue weighted by molar-refractivity contribution is 1.25. The molecule has 0 amide bonds. The zero-order chi connectivity index (χ0) is 45.0. The van der Waals surface area contributed by atoms with Gasteiger partial charge in [-0.05, 0) is 143 Å². The molecule has 0 aliphatic rings. The van der Waals surface area contributed by atoms with Crippen molar-refractivity contribution in [2.45, 2.75) is 0 Å².